The summed E-state index contributed by atoms with van der Waals surface area (Å²) in [6, 6.07) is 0.0583. The van der Waals surface area contributed by atoms with E-state index in [1.165, 1.54) is 6.33 Å². The average Bonchev–Trinajstić information content (AvgIpc) is 2.55. The fourth-order valence-electron chi connectivity index (χ4n) is 1.24. The number of hydrogen-bond acceptors (Lipinski definition) is 4. The highest BCUT2D eigenvalue weighted by atomic mass is 16.5. The Morgan fingerprint density at radius 3 is 3.18 bits per heavy atom. The first kappa shape index (κ1) is 6.75. The van der Waals surface area contributed by atoms with Crippen LogP contribution in [0.1, 0.15) is 18.3 Å². The Balaban J connectivity index is 2.16. The molecule has 0 spiro atoms. The molecule has 2 atom stereocenters. The summed E-state index contributed by atoms with van der Waals surface area (Å²) in [6.07, 6.45) is 2.27. The molecule has 0 unspecified atom stereocenters. The Labute approximate surface area is 64.0 Å². The van der Waals surface area contributed by atoms with Crippen molar-refractivity contribution in [2.45, 2.75) is 18.6 Å². The van der Waals surface area contributed by atoms with E-state index >= 15 is 0 Å². The molecule has 1 aromatic heterocycles. The van der Waals surface area contributed by atoms with Gasteiger partial charge in [0, 0.05) is 12.6 Å². The Bertz CT molecular complexity index is 222. The molecule has 1 fully saturated rings. The molecule has 0 aliphatic carbocycles. The van der Waals surface area contributed by atoms with Crippen LogP contribution in [0.25, 0.3) is 0 Å². The van der Waals surface area contributed by atoms with Crippen LogP contribution in [0.15, 0.2) is 6.33 Å². The molecular formula is C6H10N4O. The molecule has 2 heterocycles. The minimum absolute atomic E-state index is 0.0583. The van der Waals surface area contributed by atoms with Crippen molar-refractivity contribution < 1.29 is 4.74 Å². The second-order valence-electron chi connectivity index (χ2n) is 2.61. The number of aromatic nitrogens is 3. The summed E-state index contributed by atoms with van der Waals surface area (Å²) >= 11 is 0. The van der Waals surface area contributed by atoms with E-state index in [1.54, 1.807) is 0 Å². The van der Waals surface area contributed by atoms with Crippen molar-refractivity contribution >= 4 is 0 Å². The smallest absolute Gasteiger partial charge is 0.155 e. The van der Waals surface area contributed by atoms with Crippen LogP contribution in [-0.4, -0.2) is 27.8 Å². The highest BCUT2D eigenvalue weighted by Gasteiger charge is 2.28. The number of H-pyrrole nitrogens is 1. The van der Waals surface area contributed by atoms with Gasteiger partial charge in [-0.25, -0.2) is 4.98 Å². The second kappa shape index (κ2) is 2.60. The normalized spacial score (nSPS) is 31.0. The van der Waals surface area contributed by atoms with E-state index in [4.69, 9.17) is 10.5 Å². The zero-order chi connectivity index (χ0) is 7.68. The molecule has 60 valence electrons. The van der Waals surface area contributed by atoms with Crippen molar-refractivity contribution in [2.75, 3.05) is 6.61 Å². The quantitative estimate of drug-likeness (QED) is 0.576. The summed E-state index contributed by atoms with van der Waals surface area (Å²) in [6.45, 7) is 0.715. The Morgan fingerprint density at radius 2 is 2.64 bits per heavy atom. The standard InChI is InChI=1S/C6H10N4O/c7-4-1-2-11-5(4)6-8-3-9-10-6/h3-5H,1-2,7H2,(H,8,9,10)/t4-,5+/m1/s1. The summed E-state index contributed by atoms with van der Waals surface area (Å²) < 4.78 is 5.35. The van der Waals surface area contributed by atoms with Gasteiger partial charge in [0.15, 0.2) is 5.82 Å². The summed E-state index contributed by atoms with van der Waals surface area (Å²) in [5.74, 6) is 0.731. The first-order valence-electron chi connectivity index (χ1n) is 3.60. The van der Waals surface area contributed by atoms with Crippen LogP contribution in [-0.2, 0) is 4.74 Å². The van der Waals surface area contributed by atoms with Gasteiger partial charge in [-0.1, -0.05) is 0 Å². The molecule has 0 radical (unpaired) electrons. The lowest BCUT2D eigenvalue weighted by atomic mass is 10.1. The van der Waals surface area contributed by atoms with E-state index < -0.39 is 0 Å². The Kier molecular flexibility index (Phi) is 1.59. The Hall–Kier alpha value is -0.940. The topological polar surface area (TPSA) is 76.8 Å². The third-order valence-corrected chi connectivity index (χ3v) is 1.84. The van der Waals surface area contributed by atoms with E-state index in [0.29, 0.717) is 6.61 Å². The molecule has 1 saturated heterocycles. The molecule has 0 saturated carbocycles. The SMILES string of the molecule is N[C@@H]1CCO[C@@H]1c1ncn[nH]1. The van der Waals surface area contributed by atoms with Crippen molar-refractivity contribution in [3.05, 3.63) is 12.2 Å². The fourth-order valence-corrected chi connectivity index (χ4v) is 1.24. The summed E-state index contributed by atoms with van der Waals surface area (Å²) in [5, 5.41) is 6.47. The minimum Gasteiger partial charge on any atom is -0.369 e. The highest BCUT2D eigenvalue weighted by Crippen LogP contribution is 2.23. The van der Waals surface area contributed by atoms with Gasteiger partial charge in [0.05, 0.1) is 0 Å². The number of hydrogen-bond donors (Lipinski definition) is 2. The number of nitrogens with one attached hydrogen (secondary N) is 1. The van der Waals surface area contributed by atoms with Crippen molar-refractivity contribution in [1.29, 1.82) is 0 Å². The minimum atomic E-state index is -0.0856. The molecule has 1 aliphatic heterocycles. The fraction of sp³-hybridized carbons (Fsp3) is 0.667. The number of aromatic amines is 1. The van der Waals surface area contributed by atoms with Crippen LogP contribution < -0.4 is 5.73 Å². The largest absolute Gasteiger partial charge is 0.369 e. The third kappa shape index (κ3) is 1.12. The predicted octanol–water partition coefficient (Wildman–Crippen LogP) is -0.407. The number of rotatable bonds is 1. The van der Waals surface area contributed by atoms with E-state index in [0.717, 1.165) is 12.2 Å². The molecule has 1 aliphatic rings. The highest BCUT2D eigenvalue weighted by molar-refractivity contribution is 4.95. The first-order valence-corrected chi connectivity index (χ1v) is 3.60. The zero-order valence-corrected chi connectivity index (χ0v) is 6.03. The summed E-state index contributed by atoms with van der Waals surface area (Å²) in [7, 11) is 0. The maximum atomic E-state index is 5.76. The molecule has 5 heteroatoms. The number of nitrogens with zero attached hydrogens (tertiary/aromatic N) is 2. The monoisotopic (exact) mass is 154 g/mol. The van der Waals surface area contributed by atoms with E-state index in [1.807, 2.05) is 0 Å². The first-order chi connectivity index (χ1) is 5.38. The summed E-state index contributed by atoms with van der Waals surface area (Å²) in [5.41, 5.74) is 5.76. The maximum absolute atomic E-state index is 5.76. The van der Waals surface area contributed by atoms with E-state index in [9.17, 15) is 0 Å². The van der Waals surface area contributed by atoms with Crippen molar-refractivity contribution in [2.24, 2.45) is 5.73 Å². The lowest BCUT2D eigenvalue weighted by Gasteiger charge is -2.09. The molecule has 0 bridgehead atoms. The molecular weight excluding hydrogens is 144 g/mol. The van der Waals surface area contributed by atoms with Crippen LogP contribution in [0, 0.1) is 0 Å². The van der Waals surface area contributed by atoms with Gasteiger partial charge in [-0.2, -0.15) is 5.10 Å². The van der Waals surface area contributed by atoms with Crippen LogP contribution in [0.2, 0.25) is 0 Å². The third-order valence-electron chi connectivity index (χ3n) is 1.84. The van der Waals surface area contributed by atoms with Crippen LogP contribution >= 0.6 is 0 Å². The summed E-state index contributed by atoms with van der Waals surface area (Å²) in [4.78, 5) is 3.98. The zero-order valence-electron chi connectivity index (χ0n) is 6.03. The molecule has 3 N–H and O–H groups in total. The van der Waals surface area contributed by atoms with Gasteiger partial charge in [0.2, 0.25) is 0 Å². The van der Waals surface area contributed by atoms with E-state index in [-0.39, 0.29) is 12.1 Å². The molecule has 1 aromatic rings. The molecule has 0 amide bonds. The van der Waals surface area contributed by atoms with Crippen LogP contribution in [0.5, 0.6) is 0 Å². The van der Waals surface area contributed by atoms with Crippen LogP contribution in [0.4, 0.5) is 0 Å². The molecule has 0 aromatic carbocycles. The van der Waals surface area contributed by atoms with Crippen LogP contribution in [0.3, 0.4) is 0 Å². The average molecular weight is 154 g/mol. The van der Waals surface area contributed by atoms with E-state index in [2.05, 4.69) is 15.2 Å². The predicted molar refractivity (Wildman–Crippen MR) is 37.7 cm³/mol. The van der Waals surface area contributed by atoms with Gasteiger partial charge in [-0.05, 0) is 6.42 Å². The number of ether oxygens (including phenoxy) is 1. The molecule has 2 rings (SSSR count). The molecule has 5 nitrogen and oxygen atoms in total. The van der Waals surface area contributed by atoms with Gasteiger partial charge in [-0.15, -0.1) is 0 Å². The van der Waals surface area contributed by atoms with Gasteiger partial charge >= 0.3 is 0 Å². The van der Waals surface area contributed by atoms with Crippen molar-refractivity contribution in [3.63, 3.8) is 0 Å². The van der Waals surface area contributed by atoms with Gasteiger partial charge in [-0.3, -0.25) is 5.10 Å². The molecule has 11 heavy (non-hydrogen) atoms. The van der Waals surface area contributed by atoms with Crippen molar-refractivity contribution in [3.8, 4) is 0 Å². The van der Waals surface area contributed by atoms with Gasteiger partial charge < -0.3 is 10.5 Å². The lowest BCUT2D eigenvalue weighted by molar-refractivity contribution is 0.0982. The Morgan fingerprint density at radius 1 is 1.73 bits per heavy atom. The maximum Gasteiger partial charge on any atom is 0.155 e. The van der Waals surface area contributed by atoms with Crippen molar-refractivity contribution in [1.82, 2.24) is 15.2 Å². The van der Waals surface area contributed by atoms with Gasteiger partial charge in [0.25, 0.3) is 0 Å². The second-order valence-corrected chi connectivity index (χ2v) is 2.61. The lowest BCUT2D eigenvalue weighted by Crippen LogP contribution is -2.24. The van der Waals surface area contributed by atoms with Gasteiger partial charge in [0.1, 0.15) is 12.4 Å². The number of nitrogens with two attached hydrogens (primary N) is 1.